The van der Waals surface area contributed by atoms with Crippen molar-refractivity contribution in [3.63, 3.8) is 0 Å². The molecular formula is C16H20N2O2. The van der Waals surface area contributed by atoms with Crippen LogP contribution < -0.4 is 10.5 Å². The smallest absolute Gasteiger partial charge is 0.173 e. The van der Waals surface area contributed by atoms with Crippen molar-refractivity contribution in [2.45, 2.75) is 39.5 Å². The molecule has 0 bridgehead atoms. The predicted octanol–water partition coefficient (Wildman–Crippen LogP) is 3.43. The van der Waals surface area contributed by atoms with Gasteiger partial charge in [0.15, 0.2) is 11.6 Å². The number of anilines is 1. The Kier molecular flexibility index (Phi) is 3.16. The summed E-state index contributed by atoms with van der Waals surface area (Å²) >= 11 is 0. The molecule has 3 rings (SSSR count). The first-order valence-corrected chi connectivity index (χ1v) is 7.05. The third-order valence-electron chi connectivity index (χ3n) is 4.29. The quantitative estimate of drug-likeness (QED) is 0.909. The lowest BCUT2D eigenvalue weighted by molar-refractivity contribution is 0.402. The molecule has 2 aromatic rings. The summed E-state index contributed by atoms with van der Waals surface area (Å²) in [6, 6.07) is 1.76. The topological polar surface area (TPSA) is 61.3 Å². The number of benzene rings is 1. The van der Waals surface area contributed by atoms with E-state index in [0.717, 1.165) is 24.2 Å². The molecule has 0 spiro atoms. The lowest BCUT2D eigenvalue weighted by Crippen LogP contribution is -2.10. The van der Waals surface area contributed by atoms with Gasteiger partial charge in [-0.2, -0.15) is 0 Å². The van der Waals surface area contributed by atoms with Crippen LogP contribution in [0.25, 0.3) is 11.3 Å². The predicted molar refractivity (Wildman–Crippen MR) is 79.0 cm³/mol. The molecule has 1 heterocycles. The van der Waals surface area contributed by atoms with Gasteiger partial charge in [-0.3, -0.25) is 0 Å². The van der Waals surface area contributed by atoms with Crippen LogP contribution in [0.15, 0.2) is 10.6 Å². The van der Waals surface area contributed by atoms with E-state index < -0.39 is 0 Å². The minimum absolute atomic E-state index is 0.400. The van der Waals surface area contributed by atoms with Gasteiger partial charge in [0.05, 0.1) is 12.7 Å². The summed E-state index contributed by atoms with van der Waals surface area (Å²) in [6.07, 6.45) is 4.77. The molecule has 0 amide bonds. The van der Waals surface area contributed by atoms with Crippen molar-refractivity contribution in [3.8, 4) is 17.1 Å². The lowest BCUT2D eigenvalue weighted by atomic mass is 9.82. The first kappa shape index (κ1) is 13.0. The zero-order valence-electron chi connectivity index (χ0n) is 12.2. The maximum Gasteiger partial charge on any atom is 0.173 e. The molecule has 1 aromatic carbocycles. The van der Waals surface area contributed by atoms with Crippen LogP contribution in [0, 0.1) is 13.8 Å². The number of hydrogen-bond donors (Lipinski definition) is 1. The largest absolute Gasteiger partial charge is 0.496 e. The number of methoxy groups -OCH3 is 1. The molecule has 0 saturated carbocycles. The number of rotatable bonds is 2. The summed E-state index contributed by atoms with van der Waals surface area (Å²) in [4.78, 5) is 0. The Labute approximate surface area is 118 Å². The Balaban J connectivity index is 2.30. The molecule has 0 aliphatic heterocycles. The van der Waals surface area contributed by atoms with E-state index >= 15 is 0 Å². The Hall–Kier alpha value is -1.97. The molecule has 20 heavy (non-hydrogen) atoms. The first-order chi connectivity index (χ1) is 9.63. The number of nitrogens with two attached hydrogens (primary N) is 1. The first-order valence-electron chi connectivity index (χ1n) is 7.05. The Bertz CT molecular complexity index is 659. The van der Waals surface area contributed by atoms with E-state index in [-0.39, 0.29) is 0 Å². The monoisotopic (exact) mass is 272 g/mol. The van der Waals surface area contributed by atoms with Gasteiger partial charge in [-0.15, -0.1) is 0 Å². The van der Waals surface area contributed by atoms with Gasteiger partial charge >= 0.3 is 0 Å². The van der Waals surface area contributed by atoms with Crippen molar-refractivity contribution in [1.29, 1.82) is 0 Å². The molecule has 0 fully saturated rings. The Morgan fingerprint density at radius 3 is 2.35 bits per heavy atom. The number of nitrogen functional groups attached to an aromatic ring is 1. The highest BCUT2D eigenvalue weighted by molar-refractivity contribution is 5.76. The fourth-order valence-corrected chi connectivity index (χ4v) is 3.34. The highest BCUT2D eigenvalue weighted by Crippen LogP contribution is 2.42. The van der Waals surface area contributed by atoms with E-state index in [0.29, 0.717) is 11.6 Å². The van der Waals surface area contributed by atoms with Crippen LogP contribution in [-0.4, -0.2) is 12.3 Å². The summed E-state index contributed by atoms with van der Waals surface area (Å²) in [7, 11) is 1.71. The van der Waals surface area contributed by atoms with Crippen molar-refractivity contribution in [2.75, 3.05) is 12.8 Å². The maximum atomic E-state index is 5.69. The minimum Gasteiger partial charge on any atom is -0.496 e. The van der Waals surface area contributed by atoms with Gasteiger partial charge in [-0.25, -0.2) is 0 Å². The van der Waals surface area contributed by atoms with Crippen molar-refractivity contribution in [2.24, 2.45) is 0 Å². The number of hydrogen-bond acceptors (Lipinski definition) is 4. The van der Waals surface area contributed by atoms with Gasteiger partial charge in [0, 0.05) is 6.07 Å². The molecule has 0 radical (unpaired) electrons. The van der Waals surface area contributed by atoms with Gasteiger partial charge < -0.3 is 15.0 Å². The Morgan fingerprint density at radius 1 is 1.15 bits per heavy atom. The summed E-state index contributed by atoms with van der Waals surface area (Å²) in [5.41, 5.74) is 12.0. The van der Waals surface area contributed by atoms with Crippen LogP contribution >= 0.6 is 0 Å². The lowest BCUT2D eigenvalue weighted by Gasteiger charge is -2.25. The molecule has 0 atom stereocenters. The fourth-order valence-electron chi connectivity index (χ4n) is 3.34. The summed E-state index contributed by atoms with van der Waals surface area (Å²) in [6.45, 7) is 4.27. The van der Waals surface area contributed by atoms with Crippen molar-refractivity contribution in [1.82, 2.24) is 5.16 Å². The van der Waals surface area contributed by atoms with E-state index in [2.05, 4.69) is 19.0 Å². The average molecular weight is 272 g/mol. The van der Waals surface area contributed by atoms with Crippen molar-refractivity contribution < 1.29 is 9.26 Å². The third kappa shape index (κ3) is 1.87. The van der Waals surface area contributed by atoms with E-state index in [1.165, 1.54) is 35.1 Å². The summed E-state index contributed by atoms with van der Waals surface area (Å²) < 4.78 is 11.0. The van der Waals surface area contributed by atoms with Gasteiger partial charge in [0.25, 0.3) is 0 Å². The molecule has 1 aliphatic carbocycles. The minimum atomic E-state index is 0.400. The second-order valence-corrected chi connectivity index (χ2v) is 5.44. The number of fused-ring (bicyclic) bond motifs is 1. The standard InChI is InChI=1S/C16H20N2O2/c1-9-11-6-4-5-7-12(11)10(2)16(19-3)15(9)13-8-14(17)18-20-13/h8H,4-7H2,1-3H3,(H2,17,18). The maximum absolute atomic E-state index is 5.69. The van der Waals surface area contributed by atoms with Gasteiger partial charge in [0.2, 0.25) is 0 Å². The van der Waals surface area contributed by atoms with Crippen LogP contribution in [0.2, 0.25) is 0 Å². The van der Waals surface area contributed by atoms with E-state index in [9.17, 15) is 0 Å². The van der Waals surface area contributed by atoms with Crippen molar-refractivity contribution in [3.05, 3.63) is 28.3 Å². The molecule has 1 aliphatic rings. The second-order valence-electron chi connectivity index (χ2n) is 5.44. The molecule has 0 unspecified atom stereocenters. The number of aromatic nitrogens is 1. The molecule has 1 aromatic heterocycles. The van der Waals surface area contributed by atoms with Crippen LogP contribution in [0.1, 0.15) is 35.1 Å². The average Bonchev–Trinajstić information content (AvgIpc) is 2.88. The SMILES string of the molecule is COc1c(C)c2c(c(C)c1-c1cc(N)no1)CCCC2. The third-order valence-corrected chi connectivity index (χ3v) is 4.29. The molecule has 4 nitrogen and oxygen atoms in total. The molecule has 4 heteroatoms. The zero-order valence-corrected chi connectivity index (χ0v) is 12.2. The highest BCUT2D eigenvalue weighted by Gasteiger charge is 2.24. The van der Waals surface area contributed by atoms with E-state index in [1.54, 1.807) is 13.2 Å². The van der Waals surface area contributed by atoms with Crippen LogP contribution in [0.3, 0.4) is 0 Å². The van der Waals surface area contributed by atoms with Crippen LogP contribution in [0.4, 0.5) is 5.82 Å². The Morgan fingerprint density at radius 2 is 1.80 bits per heavy atom. The van der Waals surface area contributed by atoms with Gasteiger partial charge in [-0.05, 0) is 61.8 Å². The van der Waals surface area contributed by atoms with Crippen LogP contribution in [0.5, 0.6) is 5.75 Å². The summed E-state index contributed by atoms with van der Waals surface area (Å²) in [5, 5.41) is 3.80. The van der Waals surface area contributed by atoms with Gasteiger partial charge in [0.1, 0.15) is 5.75 Å². The summed E-state index contributed by atoms with van der Waals surface area (Å²) in [5.74, 6) is 1.98. The van der Waals surface area contributed by atoms with Gasteiger partial charge in [-0.1, -0.05) is 5.16 Å². The molecular weight excluding hydrogens is 252 g/mol. The zero-order chi connectivity index (χ0) is 14.3. The van der Waals surface area contributed by atoms with Crippen LogP contribution in [-0.2, 0) is 12.8 Å². The van der Waals surface area contributed by atoms with E-state index in [1.807, 2.05) is 0 Å². The number of ether oxygens (including phenoxy) is 1. The highest BCUT2D eigenvalue weighted by atomic mass is 16.5. The second kappa shape index (κ2) is 4.85. The molecule has 0 saturated heterocycles. The fraction of sp³-hybridized carbons (Fsp3) is 0.438. The number of nitrogens with zero attached hydrogens (tertiary/aromatic N) is 1. The van der Waals surface area contributed by atoms with Crippen molar-refractivity contribution >= 4 is 5.82 Å². The normalized spacial score (nSPS) is 14.2. The van der Waals surface area contributed by atoms with E-state index in [4.69, 9.17) is 15.0 Å². The molecule has 106 valence electrons. The molecule has 2 N–H and O–H groups in total.